The van der Waals surface area contributed by atoms with Gasteiger partial charge in [0.1, 0.15) is 23.5 Å². The molecule has 2 heterocycles. The number of halogens is 3. The van der Waals surface area contributed by atoms with Crippen LogP contribution in [0.3, 0.4) is 0 Å². The number of H-pyrrole nitrogens is 1. The Labute approximate surface area is 142 Å². The Balaban J connectivity index is 1.75. The molecule has 0 aliphatic heterocycles. The predicted octanol–water partition coefficient (Wildman–Crippen LogP) is 4.71. The molecular formula is C18H17F3N4. The van der Waals surface area contributed by atoms with Crippen molar-refractivity contribution in [3.63, 3.8) is 0 Å². The molecule has 1 aliphatic carbocycles. The van der Waals surface area contributed by atoms with Gasteiger partial charge in [-0.15, -0.1) is 0 Å². The second-order valence-electron chi connectivity index (χ2n) is 6.50. The average Bonchev–Trinajstić information content (AvgIpc) is 3.03. The van der Waals surface area contributed by atoms with Gasteiger partial charge in [0.2, 0.25) is 0 Å². The quantitative estimate of drug-likeness (QED) is 0.706. The van der Waals surface area contributed by atoms with E-state index in [0.717, 1.165) is 18.9 Å². The molecular weight excluding hydrogens is 329 g/mol. The molecule has 0 amide bonds. The number of hydrogen-bond donors (Lipinski definition) is 2. The molecule has 0 saturated heterocycles. The third-order valence-corrected chi connectivity index (χ3v) is 4.85. The molecule has 2 N–H and O–H groups in total. The van der Waals surface area contributed by atoms with Crippen LogP contribution in [0.4, 0.5) is 19.0 Å². The monoisotopic (exact) mass is 346 g/mol. The van der Waals surface area contributed by atoms with Crippen molar-refractivity contribution in [2.75, 3.05) is 5.32 Å². The smallest absolute Gasteiger partial charge is 0.362 e. The molecule has 7 heteroatoms. The van der Waals surface area contributed by atoms with Gasteiger partial charge in [-0.25, -0.2) is 9.97 Å². The maximum Gasteiger partial charge on any atom is 0.431 e. The Kier molecular flexibility index (Phi) is 3.67. The Hall–Kier alpha value is -2.57. The number of nitrogens with zero attached hydrogens (tertiary/aromatic N) is 2. The highest BCUT2D eigenvalue weighted by Gasteiger charge is 2.34. The molecule has 0 spiro atoms. The fraction of sp³-hybridized carbons (Fsp3) is 0.333. The number of anilines is 1. The highest BCUT2D eigenvalue weighted by atomic mass is 19.4. The van der Waals surface area contributed by atoms with Gasteiger partial charge in [-0.3, -0.25) is 0 Å². The first-order valence-electron chi connectivity index (χ1n) is 8.19. The van der Waals surface area contributed by atoms with E-state index >= 15 is 0 Å². The van der Waals surface area contributed by atoms with Crippen molar-refractivity contribution in [3.05, 3.63) is 53.5 Å². The SMILES string of the molecule is C[C@@H]1CCc2ccccc2[C@H]1Nc1ncnc2[nH]c(C(F)(F)F)cc12. The van der Waals surface area contributed by atoms with Gasteiger partial charge < -0.3 is 10.3 Å². The number of aryl methyl sites for hydroxylation is 1. The molecule has 4 rings (SSSR count). The molecule has 3 aromatic rings. The highest BCUT2D eigenvalue weighted by Crippen LogP contribution is 2.38. The molecule has 1 aromatic carbocycles. The number of alkyl halides is 3. The van der Waals surface area contributed by atoms with E-state index in [9.17, 15) is 13.2 Å². The first-order valence-corrected chi connectivity index (χ1v) is 8.19. The molecule has 130 valence electrons. The second kappa shape index (κ2) is 5.75. The van der Waals surface area contributed by atoms with Gasteiger partial charge in [0.05, 0.1) is 11.4 Å². The minimum atomic E-state index is -4.44. The van der Waals surface area contributed by atoms with Crippen LogP contribution < -0.4 is 5.32 Å². The standard InChI is InChI=1S/C18H17F3N4/c1-10-6-7-11-4-2-3-5-12(11)15(10)25-17-13-8-14(18(19,20)21)24-16(13)22-9-23-17/h2-5,8-10,15H,6-7H2,1H3,(H2,22,23,24,25)/t10-,15+/m1/s1. The molecule has 0 bridgehead atoms. The van der Waals surface area contributed by atoms with E-state index in [0.29, 0.717) is 17.1 Å². The summed E-state index contributed by atoms with van der Waals surface area (Å²) < 4.78 is 38.9. The summed E-state index contributed by atoms with van der Waals surface area (Å²) in [6.45, 7) is 2.14. The Morgan fingerprint density at radius 3 is 2.80 bits per heavy atom. The lowest BCUT2D eigenvalue weighted by Gasteiger charge is -2.32. The van der Waals surface area contributed by atoms with Gasteiger partial charge in [0.15, 0.2) is 0 Å². The van der Waals surface area contributed by atoms with E-state index in [1.807, 2.05) is 12.1 Å². The Morgan fingerprint density at radius 1 is 1.20 bits per heavy atom. The van der Waals surface area contributed by atoms with Crippen LogP contribution in [-0.2, 0) is 12.6 Å². The van der Waals surface area contributed by atoms with Crippen LogP contribution in [0.2, 0.25) is 0 Å². The minimum Gasteiger partial charge on any atom is -0.362 e. The summed E-state index contributed by atoms with van der Waals surface area (Å²) in [6.07, 6.45) is -1.13. The largest absolute Gasteiger partial charge is 0.431 e. The first kappa shape index (κ1) is 15.9. The molecule has 25 heavy (non-hydrogen) atoms. The summed E-state index contributed by atoms with van der Waals surface area (Å²) in [5.41, 5.74) is 1.82. The lowest BCUT2D eigenvalue weighted by Crippen LogP contribution is -2.25. The van der Waals surface area contributed by atoms with Gasteiger partial charge in [-0.05, 0) is 36.0 Å². The van der Waals surface area contributed by atoms with Crippen molar-refractivity contribution in [2.24, 2.45) is 5.92 Å². The van der Waals surface area contributed by atoms with E-state index in [1.54, 1.807) is 0 Å². The third kappa shape index (κ3) is 2.83. The first-order chi connectivity index (χ1) is 11.9. The van der Waals surface area contributed by atoms with Crippen LogP contribution in [0.5, 0.6) is 0 Å². The molecule has 0 radical (unpaired) electrons. The zero-order chi connectivity index (χ0) is 17.6. The van der Waals surface area contributed by atoms with Crippen LogP contribution in [0.1, 0.15) is 36.2 Å². The second-order valence-corrected chi connectivity index (χ2v) is 6.50. The Bertz CT molecular complexity index is 916. The number of fused-ring (bicyclic) bond motifs is 2. The zero-order valence-electron chi connectivity index (χ0n) is 13.6. The molecule has 0 unspecified atom stereocenters. The summed E-state index contributed by atoms with van der Waals surface area (Å²) in [5, 5.41) is 3.71. The lowest BCUT2D eigenvalue weighted by molar-refractivity contribution is -0.140. The third-order valence-electron chi connectivity index (χ3n) is 4.85. The topological polar surface area (TPSA) is 53.6 Å². The van der Waals surface area contributed by atoms with Crippen molar-refractivity contribution in [2.45, 2.75) is 32.0 Å². The number of aromatic amines is 1. The van der Waals surface area contributed by atoms with Crippen LogP contribution in [0.25, 0.3) is 11.0 Å². The molecule has 0 fully saturated rings. The summed E-state index contributed by atoms with van der Waals surface area (Å²) in [4.78, 5) is 10.4. The van der Waals surface area contributed by atoms with Gasteiger partial charge in [0, 0.05) is 0 Å². The summed E-state index contributed by atoms with van der Waals surface area (Å²) in [7, 11) is 0. The molecule has 1 aliphatic rings. The van der Waals surface area contributed by atoms with E-state index in [-0.39, 0.29) is 11.7 Å². The zero-order valence-corrected chi connectivity index (χ0v) is 13.6. The number of nitrogens with one attached hydrogen (secondary N) is 2. The number of benzene rings is 1. The van der Waals surface area contributed by atoms with Gasteiger partial charge in [0.25, 0.3) is 0 Å². The van der Waals surface area contributed by atoms with Crippen molar-refractivity contribution in [3.8, 4) is 0 Å². The van der Waals surface area contributed by atoms with E-state index in [4.69, 9.17) is 0 Å². The summed E-state index contributed by atoms with van der Waals surface area (Å²) >= 11 is 0. The average molecular weight is 346 g/mol. The van der Waals surface area contributed by atoms with Crippen molar-refractivity contribution in [1.82, 2.24) is 15.0 Å². The number of hydrogen-bond acceptors (Lipinski definition) is 3. The van der Waals surface area contributed by atoms with Crippen LogP contribution in [0.15, 0.2) is 36.7 Å². The maximum absolute atomic E-state index is 13.0. The van der Waals surface area contributed by atoms with E-state index < -0.39 is 11.9 Å². The Morgan fingerprint density at radius 2 is 2.00 bits per heavy atom. The lowest BCUT2D eigenvalue weighted by atomic mass is 9.80. The highest BCUT2D eigenvalue weighted by molar-refractivity contribution is 5.88. The molecule has 2 atom stereocenters. The predicted molar refractivity (Wildman–Crippen MR) is 89.2 cm³/mol. The fourth-order valence-corrected chi connectivity index (χ4v) is 3.50. The molecule has 2 aromatic heterocycles. The number of aromatic nitrogens is 3. The minimum absolute atomic E-state index is 0.00675. The van der Waals surface area contributed by atoms with Crippen LogP contribution in [0, 0.1) is 5.92 Å². The van der Waals surface area contributed by atoms with Crippen LogP contribution in [-0.4, -0.2) is 15.0 Å². The normalized spacial score (nSPS) is 20.5. The summed E-state index contributed by atoms with van der Waals surface area (Å²) in [6, 6.07) is 9.24. The number of rotatable bonds is 2. The van der Waals surface area contributed by atoms with Gasteiger partial charge >= 0.3 is 6.18 Å². The fourth-order valence-electron chi connectivity index (χ4n) is 3.50. The molecule has 0 saturated carbocycles. The summed E-state index contributed by atoms with van der Waals surface area (Å²) in [5.74, 6) is 0.770. The van der Waals surface area contributed by atoms with Gasteiger partial charge in [-0.1, -0.05) is 31.2 Å². The van der Waals surface area contributed by atoms with E-state index in [1.165, 1.54) is 17.5 Å². The molecule has 4 nitrogen and oxygen atoms in total. The van der Waals surface area contributed by atoms with Crippen molar-refractivity contribution < 1.29 is 13.2 Å². The van der Waals surface area contributed by atoms with Crippen LogP contribution >= 0.6 is 0 Å². The maximum atomic E-state index is 13.0. The van der Waals surface area contributed by atoms with Crippen molar-refractivity contribution in [1.29, 1.82) is 0 Å². The van der Waals surface area contributed by atoms with E-state index in [2.05, 4.69) is 39.3 Å². The van der Waals surface area contributed by atoms with Gasteiger partial charge in [-0.2, -0.15) is 13.2 Å². The van der Waals surface area contributed by atoms with Crippen molar-refractivity contribution >= 4 is 16.9 Å².